The number of hydrogen-bond acceptors (Lipinski definition) is 4. The van der Waals surface area contributed by atoms with E-state index in [0.29, 0.717) is 24.4 Å². The van der Waals surface area contributed by atoms with Gasteiger partial charge in [0.15, 0.2) is 0 Å². The number of nitrogens with zero attached hydrogens (tertiary/aromatic N) is 3. The fraction of sp³-hybridized carbons (Fsp3) is 0.714. The molecular weight excluding hydrogens is 262 g/mol. The van der Waals surface area contributed by atoms with Crippen LogP contribution in [0.4, 0.5) is 5.82 Å². The molecule has 0 atom stereocenters. The third-order valence-corrected chi connectivity index (χ3v) is 3.64. The van der Waals surface area contributed by atoms with Gasteiger partial charge in [0.25, 0.3) is 0 Å². The van der Waals surface area contributed by atoms with Crippen LogP contribution in [0.5, 0.6) is 5.88 Å². The summed E-state index contributed by atoms with van der Waals surface area (Å²) in [5.41, 5.74) is 0. The average molecular weight is 284 g/mol. The first-order valence-corrected chi connectivity index (χ1v) is 7.66. The van der Waals surface area contributed by atoms with Gasteiger partial charge in [-0.3, -0.25) is 0 Å². The van der Waals surface area contributed by atoms with E-state index in [1.165, 1.54) is 25.7 Å². The summed E-state index contributed by atoms with van der Waals surface area (Å²) in [6, 6.07) is 2.49. The maximum atomic E-state index is 5.93. The Balaban J connectivity index is 2.11. The lowest BCUT2D eigenvalue weighted by atomic mass is 10.2. The fourth-order valence-corrected chi connectivity index (χ4v) is 2.75. The first kappa shape index (κ1) is 14.4. The molecule has 0 spiro atoms. The molecule has 1 heterocycles. The molecule has 0 N–H and O–H groups in total. The Morgan fingerprint density at radius 3 is 2.84 bits per heavy atom. The largest absolute Gasteiger partial charge is 0.478 e. The van der Waals surface area contributed by atoms with E-state index in [1.54, 1.807) is 6.33 Å². The second kappa shape index (κ2) is 7.53. The predicted molar refractivity (Wildman–Crippen MR) is 78.1 cm³/mol. The molecule has 0 aliphatic heterocycles. The molecule has 1 fully saturated rings. The van der Waals surface area contributed by atoms with Crippen molar-refractivity contribution in [1.29, 1.82) is 0 Å². The summed E-state index contributed by atoms with van der Waals surface area (Å²) in [4.78, 5) is 10.8. The third-order valence-electron chi connectivity index (χ3n) is 3.47. The lowest BCUT2D eigenvalue weighted by molar-refractivity contribution is 0.304. The van der Waals surface area contributed by atoms with Crippen LogP contribution in [-0.4, -0.2) is 35.0 Å². The van der Waals surface area contributed by atoms with E-state index in [0.717, 1.165) is 18.8 Å². The first-order valence-electron chi connectivity index (χ1n) is 7.12. The molecule has 19 heavy (non-hydrogen) atoms. The smallest absolute Gasteiger partial charge is 0.218 e. The Labute approximate surface area is 120 Å². The number of ether oxygens (including phenoxy) is 1. The maximum absolute atomic E-state index is 5.93. The van der Waals surface area contributed by atoms with Gasteiger partial charge in [0, 0.05) is 24.5 Å². The van der Waals surface area contributed by atoms with Gasteiger partial charge < -0.3 is 9.64 Å². The van der Waals surface area contributed by atoms with Crippen molar-refractivity contribution in [3.05, 3.63) is 12.4 Å². The van der Waals surface area contributed by atoms with E-state index in [-0.39, 0.29) is 0 Å². The highest BCUT2D eigenvalue weighted by molar-refractivity contribution is 6.18. The topological polar surface area (TPSA) is 38.2 Å². The van der Waals surface area contributed by atoms with Crippen LogP contribution >= 0.6 is 11.6 Å². The van der Waals surface area contributed by atoms with E-state index in [1.807, 2.05) is 6.07 Å². The van der Waals surface area contributed by atoms with Crippen LogP contribution in [0, 0.1) is 0 Å². The SMILES string of the molecule is CCCOc1cc(N(CCCl)C2CCCC2)ncn1. The minimum Gasteiger partial charge on any atom is -0.478 e. The van der Waals surface area contributed by atoms with Gasteiger partial charge in [0.1, 0.15) is 12.1 Å². The molecule has 1 saturated carbocycles. The minimum atomic E-state index is 0.563. The van der Waals surface area contributed by atoms with Gasteiger partial charge in [-0.25, -0.2) is 9.97 Å². The van der Waals surface area contributed by atoms with Crippen LogP contribution in [0.3, 0.4) is 0 Å². The monoisotopic (exact) mass is 283 g/mol. The second-order valence-corrected chi connectivity index (χ2v) is 5.26. The van der Waals surface area contributed by atoms with E-state index in [9.17, 15) is 0 Å². The highest BCUT2D eigenvalue weighted by Gasteiger charge is 2.23. The zero-order chi connectivity index (χ0) is 13.5. The Morgan fingerprint density at radius 2 is 2.16 bits per heavy atom. The number of halogens is 1. The summed E-state index contributed by atoms with van der Waals surface area (Å²) in [7, 11) is 0. The first-order chi connectivity index (χ1) is 9.35. The third kappa shape index (κ3) is 3.96. The molecule has 1 aliphatic rings. The van der Waals surface area contributed by atoms with Gasteiger partial charge in [-0.05, 0) is 19.3 Å². The summed E-state index contributed by atoms with van der Waals surface area (Å²) in [5, 5.41) is 0. The predicted octanol–water partition coefficient (Wildman–Crippen LogP) is 3.25. The van der Waals surface area contributed by atoms with Crippen LogP contribution in [0.1, 0.15) is 39.0 Å². The van der Waals surface area contributed by atoms with E-state index in [2.05, 4.69) is 21.8 Å². The summed E-state index contributed by atoms with van der Waals surface area (Å²) in [6.07, 6.45) is 7.61. The minimum absolute atomic E-state index is 0.563. The van der Waals surface area contributed by atoms with Gasteiger partial charge in [0.05, 0.1) is 6.61 Å². The quantitative estimate of drug-likeness (QED) is 0.720. The summed E-state index contributed by atoms with van der Waals surface area (Å²) < 4.78 is 5.58. The maximum Gasteiger partial charge on any atom is 0.218 e. The van der Waals surface area contributed by atoms with Crippen LogP contribution in [0.2, 0.25) is 0 Å². The number of rotatable bonds is 7. The lowest BCUT2D eigenvalue weighted by Gasteiger charge is -2.29. The van der Waals surface area contributed by atoms with Crippen molar-refractivity contribution in [3.8, 4) is 5.88 Å². The van der Waals surface area contributed by atoms with Crippen LogP contribution in [0.15, 0.2) is 12.4 Å². The van der Waals surface area contributed by atoms with Gasteiger partial charge >= 0.3 is 0 Å². The van der Waals surface area contributed by atoms with Gasteiger partial charge in [-0.2, -0.15) is 0 Å². The van der Waals surface area contributed by atoms with Crippen molar-refractivity contribution in [2.75, 3.05) is 23.9 Å². The zero-order valence-corrected chi connectivity index (χ0v) is 12.3. The zero-order valence-electron chi connectivity index (χ0n) is 11.5. The fourth-order valence-electron chi connectivity index (χ4n) is 2.56. The highest BCUT2D eigenvalue weighted by atomic mass is 35.5. The molecule has 1 aliphatic carbocycles. The van der Waals surface area contributed by atoms with Crippen molar-refractivity contribution in [1.82, 2.24) is 9.97 Å². The van der Waals surface area contributed by atoms with Crippen molar-refractivity contribution in [3.63, 3.8) is 0 Å². The highest BCUT2D eigenvalue weighted by Crippen LogP contribution is 2.28. The summed E-state index contributed by atoms with van der Waals surface area (Å²) in [5.74, 6) is 2.21. The van der Waals surface area contributed by atoms with Gasteiger partial charge in [-0.1, -0.05) is 19.8 Å². The molecule has 0 amide bonds. The lowest BCUT2D eigenvalue weighted by Crippen LogP contribution is -2.35. The van der Waals surface area contributed by atoms with Crippen LogP contribution < -0.4 is 9.64 Å². The molecular formula is C14H22ClN3O. The summed E-state index contributed by atoms with van der Waals surface area (Å²) in [6.45, 7) is 3.60. The number of hydrogen-bond donors (Lipinski definition) is 0. The number of aromatic nitrogens is 2. The molecule has 5 heteroatoms. The molecule has 0 bridgehead atoms. The van der Waals surface area contributed by atoms with Crippen molar-refractivity contribution in [2.24, 2.45) is 0 Å². The van der Waals surface area contributed by atoms with Crippen molar-refractivity contribution in [2.45, 2.75) is 45.1 Å². The van der Waals surface area contributed by atoms with Crippen LogP contribution in [0.25, 0.3) is 0 Å². The molecule has 0 aromatic carbocycles. The number of alkyl halides is 1. The van der Waals surface area contributed by atoms with Crippen molar-refractivity contribution >= 4 is 17.4 Å². The van der Waals surface area contributed by atoms with Crippen molar-refractivity contribution < 1.29 is 4.74 Å². The van der Waals surface area contributed by atoms with E-state index >= 15 is 0 Å². The molecule has 2 rings (SSSR count). The molecule has 106 valence electrons. The van der Waals surface area contributed by atoms with E-state index in [4.69, 9.17) is 16.3 Å². The molecule has 4 nitrogen and oxygen atoms in total. The Morgan fingerprint density at radius 1 is 1.37 bits per heavy atom. The Kier molecular flexibility index (Phi) is 5.70. The standard InChI is InChI=1S/C14H22ClN3O/c1-2-9-19-14-10-13(16-11-17-14)18(8-7-15)12-5-3-4-6-12/h10-12H,2-9H2,1H3. The summed E-state index contributed by atoms with van der Waals surface area (Å²) >= 11 is 5.93. The molecule has 0 radical (unpaired) electrons. The van der Waals surface area contributed by atoms with Gasteiger partial charge in [0.2, 0.25) is 5.88 Å². The van der Waals surface area contributed by atoms with E-state index < -0.39 is 0 Å². The number of anilines is 1. The average Bonchev–Trinajstić information content (AvgIpc) is 2.96. The molecule has 1 aromatic heterocycles. The Hall–Kier alpha value is -1.03. The molecule has 0 saturated heterocycles. The second-order valence-electron chi connectivity index (χ2n) is 4.88. The van der Waals surface area contributed by atoms with Crippen LogP contribution in [-0.2, 0) is 0 Å². The molecule has 1 aromatic rings. The van der Waals surface area contributed by atoms with Gasteiger partial charge in [-0.15, -0.1) is 11.6 Å². The Bertz CT molecular complexity index is 383. The molecule has 0 unspecified atom stereocenters. The normalized spacial score (nSPS) is 15.7.